The van der Waals surface area contributed by atoms with Crippen LogP contribution in [0.15, 0.2) is 18.3 Å². The van der Waals surface area contributed by atoms with Crippen LogP contribution in [0.25, 0.3) is 0 Å². The molecule has 3 nitrogen and oxygen atoms in total. The molecule has 1 heterocycles. The molecule has 2 rings (SSSR count). The van der Waals surface area contributed by atoms with E-state index in [2.05, 4.69) is 35.9 Å². The summed E-state index contributed by atoms with van der Waals surface area (Å²) >= 11 is 0. The van der Waals surface area contributed by atoms with Gasteiger partial charge in [0.1, 0.15) is 0 Å². The number of hydrogen-bond acceptors (Lipinski definition) is 3. The third-order valence-electron chi connectivity index (χ3n) is 4.04. The van der Waals surface area contributed by atoms with Crippen LogP contribution in [0.2, 0.25) is 0 Å². The van der Waals surface area contributed by atoms with Gasteiger partial charge in [-0.15, -0.1) is 0 Å². The molecule has 1 aromatic heterocycles. The summed E-state index contributed by atoms with van der Waals surface area (Å²) in [5.41, 5.74) is 8.22. The lowest BCUT2D eigenvalue weighted by Gasteiger charge is -2.33. The van der Waals surface area contributed by atoms with Crippen LogP contribution < -0.4 is 10.6 Å². The largest absolute Gasteiger partial charge is 0.370 e. The molecule has 0 bridgehead atoms. The molecule has 0 spiro atoms. The second-order valence-corrected chi connectivity index (χ2v) is 5.29. The van der Waals surface area contributed by atoms with Crippen molar-refractivity contribution < 1.29 is 0 Å². The van der Waals surface area contributed by atoms with E-state index < -0.39 is 0 Å². The molecule has 0 saturated heterocycles. The summed E-state index contributed by atoms with van der Waals surface area (Å²) in [4.78, 5) is 6.93. The van der Waals surface area contributed by atoms with Gasteiger partial charge in [0, 0.05) is 19.1 Å². The smallest absolute Gasteiger partial charge is 0.0572 e. The molecule has 1 aliphatic carbocycles. The quantitative estimate of drug-likeness (QED) is 0.840. The second kappa shape index (κ2) is 6.19. The van der Waals surface area contributed by atoms with E-state index in [1.807, 2.05) is 6.20 Å². The predicted octanol–water partition coefficient (Wildman–Crippen LogP) is 3.12. The molecule has 1 aliphatic rings. The highest BCUT2D eigenvalue weighted by Gasteiger charge is 2.20. The lowest BCUT2D eigenvalue weighted by atomic mass is 9.85. The highest BCUT2D eigenvalue weighted by molar-refractivity contribution is 5.44. The molecule has 0 amide bonds. The van der Waals surface area contributed by atoms with Crippen LogP contribution in [0, 0.1) is 5.92 Å². The zero-order valence-electron chi connectivity index (χ0n) is 11.6. The van der Waals surface area contributed by atoms with E-state index >= 15 is 0 Å². The minimum atomic E-state index is 0.0701. The number of nitrogens with zero attached hydrogens (tertiary/aromatic N) is 2. The molecule has 0 aliphatic heterocycles. The minimum Gasteiger partial charge on any atom is -0.370 e. The first-order valence-corrected chi connectivity index (χ1v) is 7.21. The zero-order chi connectivity index (χ0) is 13.0. The van der Waals surface area contributed by atoms with Gasteiger partial charge in [-0.1, -0.05) is 13.3 Å². The second-order valence-electron chi connectivity index (χ2n) is 5.29. The van der Waals surface area contributed by atoms with Gasteiger partial charge in [0.2, 0.25) is 0 Å². The maximum atomic E-state index is 5.99. The number of aromatic nitrogens is 1. The van der Waals surface area contributed by atoms with Crippen LogP contribution >= 0.6 is 0 Å². The van der Waals surface area contributed by atoms with E-state index in [1.54, 1.807) is 0 Å². The Morgan fingerprint density at radius 3 is 2.61 bits per heavy atom. The molecule has 18 heavy (non-hydrogen) atoms. The van der Waals surface area contributed by atoms with Crippen LogP contribution in [-0.2, 0) is 0 Å². The Labute approximate surface area is 110 Å². The van der Waals surface area contributed by atoms with Crippen LogP contribution in [0.1, 0.15) is 51.3 Å². The lowest BCUT2D eigenvalue weighted by molar-refractivity contribution is 0.318. The van der Waals surface area contributed by atoms with E-state index in [1.165, 1.54) is 31.5 Å². The number of pyridine rings is 1. The van der Waals surface area contributed by atoms with Crippen molar-refractivity contribution in [2.45, 2.75) is 45.6 Å². The van der Waals surface area contributed by atoms with Crippen molar-refractivity contribution >= 4 is 5.69 Å². The van der Waals surface area contributed by atoms with Gasteiger partial charge in [-0.3, -0.25) is 4.98 Å². The Bertz CT molecular complexity index is 357. The molecule has 1 aromatic rings. The Morgan fingerprint density at radius 1 is 1.39 bits per heavy atom. The van der Waals surface area contributed by atoms with Crippen molar-refractivity contribution in [2.75, 3.05) is 18.0 Å². The summed E-state index contributed by atoms with van der Waals surface area (Å²) in [6.45, 7) is 6.54. The Kier molecular flexibility index (Phi) is 4.59. The molecule has 3 heteroatoms. The average Bonchev–Trinajstić information content (AvgIpc) is 2.37. The van der Waals surface area contributed by atoms with Crippen LogP contribution in [0.4, 0.5) is 5.69 Å². The van der Waals surface area contributed by atoms with Gasteiger partial charge in [-0.25, -0.2) is 0 Å². The molecule has 1 saturated carbocycles. The number of nitrogens with two attached hydrogens (primary N) is 1. The SMILES string of the molecule is CCC(N)c1ccc(N(CC)CC2CCC2)cn1. The fourth-order valence-corrected chi connectivity index (χ4v) is 2.42. The molecule has 1 atom stereocenters. The fraction of sp³-hybridized carbons (Fsp3) is 0.667. The third-order valence-corrected chi connectivity index (χ3v) is 4.04. The monoisotopic (exact) mass is 247 g/mol. The van der Waals surface area contributed by atoms with E-state index in [-0.39, 0.29) is 6.04 Å². The van der Waals surface area contributed by atoms with Crippen LogP contribution in [-0.4, -0.2) is 18.1 Å². The number of hydrogen-bond donors (Lipinski definition) is 1. The van der Waals surface area contributed by atoms with Crippen molar-refractivity contribution in [3.63, 3.8) is 0 Å². The van der Waals surface area contributed by atoms with Crippen molar-refractivity contribution in [1.29, 1.82) is 0 Å². The topological polar surface area (TPSA) is 42.1 Å². The van der Waals surface area contributed by atoms with Gasteiger partial charge in [-0.05, 0) is 44.2 Å². The van der Waals surface area contributed by atoms with Crippen molar-refractivity contribution in [3.8, 4) is 0 Å². The van der Waals surface area contributed by atoms with Crippen LogP contribution in [0.5, 0.6) is 0 Å². The first-order chi connectivity index (χ1) is 8.74. The van der Waals surface area contributed by atoms with Crippen molar-refractivity contribution in [3.05, 3.63) is 24.0 Å². The van der Waals surface area contributed by atoms with Gasteiger partial charge >= 0.3 is 0 Å². The number of rotatable bonds is 6. The van der Waals surface area contributed by atoms with Gasteiger partial charge in [0.25, 0.3) is 0 Å². The molecular formula is C15H25N3. The maximum Gasteiger partial charge on any atom is 0.0572 e. The lowest BCUT2D eigenvalue weighted by Crippen LogP contribution is -2.32. The molecule has 1 fully saturated rings. The van der Waals surface area contributed by atoms with E-state index in [9.17, 15) is 0 Å². The highest BCUT2D eigenvalue weighted by atomic mass is 15.1. The maximum absolute atomic E-state index is 5.99. The average molecular weight is 247 g/mol. The first-order valence-electron chi connectivity index (χ1n) is 7.21. The summed E-state index contributed by atoms with van der Waals surface area (Å²) in [6.07, 6.45) is 7.11. The van der Waals surface area contributed by atoms with Gasteiger partial charge < -0.3 is 10.6 Å². The molecule has 0 aromatic carbocycles. The normalized spacial score (nSPS) is 17.3. The minimum absolute atomic E-state index is 0.0701. The number of anilines is 1. The Hall–Kier alpha value is -1.09. The summed E-state index contributed by atoms with van der Waals surface area (Å²) < 4.78 is 0. The summed E-state index contributed by atoms with van der Waals surface area (Å²) in [5.74, 6) is 0.891. The third kappa shape index (κ3) is 3.02. The highest BCUT2D eigenvalue weighted by Crippen LogP contribution is 2.28. The Morgan fingerprint density at radius 2 is 2.17 bits per heavy atom. The van der Waals surface area contributed by atoms with Crippen LogP contribution in [0.3, 0.4) is 0 Å². The van der Waals surface area contributed by atoms with E-state index in [0.717, 1.165) is 24.6 Å². The molecule has 0 radical (unpaired) electrons. The van der Waals surface area contributed by atoms with Crippen molar-refractivity contribution in [2.24, 2.45) is 11.7 Å². The molecule has 1 unspecified atom stereocenters. The van der Waals surface area contributed by atoms with E-state index in [4.69, 9.17) is 5.73 Å². The molecule has 2 N–H and O–H groups in total. The van der Waals surface area contributed by atoms with Gasteiger partial charge in [0.15, 0.2) is 0 Å². The van der Waals surface area contributed by atoms with Gasteiger partial charge in [0.05, 0.1) is 17.6 Å². The zero-order valence-corrected chi connectivity index (χ0v) is 11.6. The molecule has 100 valence electrons. The first kappa shape index (κ1) is 13.3. The summed E-state index contributed by atoms with van der Waals surface area (Å²) in [5, 5.41) is 0. The predicted molar refractivity (Wildman–Crippen MR) is 76.7 cm³/mol. The Balaban J connectivity index is 2.01. The van der Waals surface area contributed by atoms with E-state index in [0.29, 0.717) is 0 Å². The standard InChI is InChI=1S/C15H25N3/c1-3-14(16)15-9-8-13(10-17-15)18(4-2)11-12-6-5-7-12/h8-10,12,14H,3-7,11,16H2,1-2H3. The fourth-order valence-electron chi connectivity index (χ4n) is 2.42. The summed E-state index contributed by atoms with van der Waals surface area (Å²) in [6, 6.07) is 4.31. The molecular weight excluding hydrogens is 222 g/mol. The van der Waals surface area contributed by atoms with Gasteiger partial charge in [-0.2, -0.15) is 0 Å². The summed E-state index contributed by atoms with van der Waals surface area (Å²) in [7, 11) is 0. The van der Waals surface area contributed by atoms with Crippen molar-refractivity contribution in [1.82, 2.24) is 4.98 Å².